The molecule has 0 saturated carbocycles. The fourth-order valence-corrected chi connectivity index (χ4v) is 7.58. The minimum atomic E-state index is -3.29. The zero-order valence-corrected chi connectivity index (χ0v) is 34.0. The van der Waals surface area contributed by atoms with Crippen LogP contribution in [0.1, 0.15) is 194 Å². The molecule has 6 N–H and O–H groups in total. The van der Waals surface area contributed by atoms with E-state index in [2.05, 4.69) is 34.9 Å². The molecule has 296 valence electrons. The largest absolute Gasteiger partial charge is 0.405 e. The molecule has 0 bridgehead atoms. The third-order valence-electron chi connectivity index (χ3n) is 9.40. The van der Waals surface area contributed by atoms with E-state index in [4.69, 9.17) is 14.8 Å². The Labute approximate surface area is 306 Å². The van der Waals surface area contributed by atoms with Gasteiger partial charge in [-0.15, -0.1) is 0 Å². The van der Waals surface area contributed by atoms with Crippen LogP contribution in [0.15, 0.2) is 0 Å². The first-order valence-electron chi connectivity index (χ1n) is 21.6. The van der Waals surface area contributed by atoms with Crippen molar-refractivity contribution >= 4 is 7.75 Å². The quantitative estimate of drug-likeness (QED) is 0.0313. The van der Waals surface area contributed by atoms with Gasteiger partial charge < -0.3 is 21.7 Å². The number of hydrogen-bond donors (Lipinski definition) is 5. The summed E-state index contributed by atoms with van der Waals surface area (Å²) in [6.45, 7) is 12.0. The predicted octanol–water partition coefficient (Wildman–Crippen LogP) is 10.4. The maximum atomic E-state index is 13.5. The SMILES string of the molecule is CCCCCCCCCCCCCCCCOP(=O)(NCCNCCNCCNCCN)OCCCCCCCCCCCCCCCC. The zero-order valence-electron chi connectivity index (χ0n) is 33.1. The Morgan fingerprint density at radius 2 is 0.653 bits per heavy atom. The Balaban J connectivity index is 4.05. The summed E-state index contributed by atoms with van der Waals surface area (Å²) in [5, 5.41) is 13.2. The van der Waals surface area contributed by atoms with E-state index in [0.717, 1.165) is 65.0 Å². The summed E-state index contributed by atoms with van der Waals surface area (Å²) < 4.78 is 25.4. The summed E-state index contributed by atoms with van der Waals surface area (Å²) in [6.07, 6.45) is 37.0. The van der Waals surface area contributed by atoms with Gasteiger partial charge in [-0.1, -0.05) is 181 Å². The Hall–Kier alpha value is -0.0500. The van der Waals surface area contributed by atoms with Gasteiger partial charge in [0.2, 0.25) is 0 Å². The fourth-order valence-electron chi connectivity index (χ4n) is 6.20. The van der Waals surface area contributed by atoms with E-state index < -0.39 is 7.75 Å². The van der Waals surface area contributed by atoms with E-state index in [9.17, 15) is 4.57 Å². The van der Waals surface area contributed by atoms with Crippen LogP contribution in [0.25, 0.3) is 0 Å². The maximum absolute atomic E-state index is 13.5. The van der Waals surface area contributed by atoms with Gasteiger partial charge in [0.1, 0.15) is 0 Å². The number of hydrogen-bond acceptors (Lipinski definition) is 7. The van der Waals surface area contributed by atoms with E-state index in [-0.39, 0.29) is 0 Å². The summed E-state index contributed by atoms with van der Waals surface area (Å²) in [5.41, 5.74) is 5.50. The Bertz CT molecular complexity index is 623. The van der Waals surface area contributed by atoms with Gasteiger partial charge in [0.15, 0.2) is 0 Å². The highest BCUT2D eigenvalue weighted by atomic mass is 31.2. The van der Waals surface area contributed by atoms with Crippen molar-refractivity contribution in [2.24, 2.45) is 5.73 Å². The Morgan fingerprint density at radius 3 is 0.959 bits per heavy atom. The topological polar surface area (TPSA) is 110 Å². The lowest BCUT2D eigenvalue weighted by Crippen LogP contribution is -2.35. The smallest absolute Gasteiger partial charge is 0.329 e. The highest BCUT2D eigenvalue weighted by Crippen LogP contribution is 2.43. The van der Waals surface area contributed by atoms with Crippen molar-refractivity contribution in [2.45, 2.75) is 194 Å². The van der Waals surface area contributed by atoms with Gasteiger partial charge in [0.05, 0.1) is 13.2 Å². The van der Waals surface area contributed by atoms with Crippen molar-refractivity contribution in [3.05, 3.63) is 0 Å². The second kappa shape index (κ2) is 42.4. The van der Waals surface area contributed by atoms with Gasteiger partial charge in [-0.25, -0.2) is 9.65 Å². The van der Waals surface area contributed by atoms with Gasteiger partial charge in [-0.05, 0) is 12.8 Å². The molecule has 0 aromatic rings. The molecule has 0 spiro atoms. The third kappa shape index (κ3) is 40.6. The molecule has 0 aliphatic carbocycles. The number of unbranched alkanes of at least 4 members (excludes halogenated alkanes) is 26. The lowest BCUT2D eigenvalue weighted by Gasteiger charge is -2.20. The summed E-state index contributed by atoms with van der Waals surface area (Å²) in [5.74, 6) is 0. The summed E-state index contributed by atoms with van der Waals surface area (Å²) in [7, 11) is -3.29. The number of nitrogens with one attached hydrogen (secondary N) is 4. The van der Waals surface area contributed by atoms with Gasteiger partial charge >= 0.3 is 7.75 Å². The molecule has 0 aromatic carbocycles. The summed E-state index contributed by atoms with van der Waals surface area (Å²) in [6, 6.07) is 0. The van der Waals surface area contributed by atoms with Crippen LogP contribution in [-0.2, 0) is 13.6 Å². The Kier molecular flexibility index (Phi) is 42.3. The number of rotatable bonds is 44. The summed E-state index contributed by atoms with van der Waals surface area (Å²) >= 11 is 0. The first-order chi connectivity index (χ1) is 24.2. The molecule has 0 aromatic heterocycles. The monoisotopic (exact) mass is 718 g/mol. The average molecular weight is 718 g/mol. The minimum absolute atomic E-state index is 0.497. The molecule has 0 atom stereocenters. The molecule has 0 amide bonds. The van der Waals surface area contributed by atoms with Crippen LogP contribution in [-0.4, -0.2) is 65.6 Å². The van der Waals surface area contributed by atoms with Gasteiger partial charge in [0.25, 0.3) is 0 Å². The first-order valence-corrected chi connectivity index (χ1v) is 23.2. The second-order valence-electron chi connectivity index (χ2n) is 14.3. The van der Waals surface area contributed by atoms with Crippen LogP contribution in [0.5, 0.6) is 0 Å². The van der Waals surface area contributed by atoms with E-state index in [1.165, 1.54) is 154 Å². The number of nitrogens with two attached hydrogens (primary N) is 1. The Morgan fingerprint density at radius 1 is 0.388 bits per heavy atom. The third-order valence-corrected chi connectivity index (χ3v) is 11.1. The molecule has 0 fully saturated rings. The molecule has 0 radical (unpaired) electrons. The van der Waals surface area contributed by atoms with Crippen molar-refractivity contribution in [1.29, 1.82) is 0 Å². The average Bonchev–Trinajstić information content (AvgIpc) is 3.10. The van der Waals surface area contributed by atoms with E-state index in [1.807, 2.05) is 0 Å². The second-order valence-corrected chi connectivity index (χ2v) is 16.1. The van der Waals surface area contributed by atoms with Gasteiger partial charge in [0, 0.05) is 52.4 Å². The lowest BCUT2D eigenvalue weighted by molar-refractivity contribution is 0.189. The highest BCUT2D eigenvalue weighted by molar-refractivity contribution is 7.51. The van der Waals surface area contributed by atoms with E-state index in [0.29, 0.717) is 26.3 Å². The predicted molar refractivity (Wildman–Crippen MR) is 216 cm³/mol. The first kappa shape index (κ1) is 49.0. The standard InChI is InChI=1S/C40H88N5O3P/c1-3-5-7-9-11-13-15-17-19-21-23-25-27-29-39-47-49(46,45-38-37-44-36-35-43-34-33-42-32-31-41)48-40-30-28-26-24-22-20-18-16-14-12-10-8-6-4-2/h42-44H,3-41H2,1-2H3,(H,45,46). The van der Waals surface area contributed by atoms with E-state index in [1.54, 1.807) is 0 Å². The van der Waals surface area contributed by atoms with Gasteiger partial charge in [-0.2, -0.15) is 0 Å². The summed E-state index contributed by atoms with van der Waals surface area (Å²) in [4.78, 5) is 0. The molecule has 0 heterocycles. The zero-order chi connectivity index (χ0) is 35.6. The highest BCUT2D eigenvalue weighted by Gasteiger charge is 2.23. The fraction of sp³-hybridized carbons (Fsp3) is 1.00. The molecule has 8 nitrogen and oxygen atoms in total. The van der Waals surface area contributed by atoms with Crippen LogP contribution >= 0.6 is 7.75 Å². The molecule has 0 aliphatic rings. The van der Waals surface area contributed by atoms with Crippen molar-refractivity contribution < 1.29 is 13.6 Å². The van der Waals surface area contributed by atoms with E-state index >= 15 is 0 Å². The van der Waals surface area contributed by atoms with Crippen molar-refractivity contribution in [1.82, 2.24) is 21.0 Å². The molecule has 0 unspecified atom stereocenters. The molecule has 9 heteroatoms. The van der Waals surface area contributed by atoms with Gasteiger partial charge in [-0.3, -0.25) is 9.05 Å². The normalized spacial score (nSPS) is 12.0. The van der Waals surface area contributed by atoms with Crippen molar-refractivity contribution in [2.75, 3.05) is 65.6 Å². The van der Waals surface area contributed by atoms with Crippen LogP contribution < -0.4 is 26.8 Å². The molecule has 0 rings (SSSR count). The molecule has 0 saturated heterocycles. The lowest BCUT2D eigenvalue weighted by atomic mass is 10.0. The van der Waals surface area contributed by atoms with Crippen LogP contribution in [0.3, 0.4) is 0 Å². The van der Waals surface area contributed by atoms with Crippen LogP contribution in [0.4, 0.5) is 0 Å². The molecular weight excluding hydrogens is 629 g/mol. The molecule has 49 heavy (non-hydrogen) atoms. The van der Waals surface area contributed by atoms with Crippen molar-refractivity contribution in [3.63, 3.8) is 0 Å². The maximum Gasteiger partial charge on any atom is 0.405 e. The van der Waals surface area contributed by atoms with Crippen LogP contribution in [0, 0.1) is 0 Å². The minimum Gasteiger partial charge on any atom is -0.329 e. The molecule has 0 aliphatic heterocycles. The molecular formula is C40H88N5O3P. The van der Waals surface area contributed by atoms with Crippen LogP contribution in [0.2, 0.25) is 0 Å². The van der Waals surface area contributed by atoms with Crippen molar-refractivity contribution in [3.8, 4) is 0 Å².